The lowest BCUT2D eigenvalue weighted by molar-refractivity contribution is -0.116. The van der Waals surface area contributed by atoms with Crippen molar-refractivity contribution in [3.63, 3.8) is 0 Å². The summed E-state index contributed by atoms with van der Waals surface area (Å²) in [7, 11) is 0. The molecule has 0 spiro atoms. The van der Waals surface area contributed by atoms with Gasteiger partial charge in [-0.25, -0.2) is 9.38 Å². The van der Waals surface area contributed by atoms with E-state index in [1.807, 2.05) is 43.3 Å². The van der Waals surface area contributed by atoms with Gasteiger partial charge >= 0.3 is 0 Å². The van der Waals surface area contributed by atoms with E-state index in [0.29, 0.717) is 17.0 Å². The Hall–Kier alpha value is -3.68. The molecule has 0 radical (unpaired) electrons. The van der Waals surface area contributed by atoms with Gasteiger partial charge in [-0.1, -0.05) is 54.5 Å². The highest BCUT2D eigenvalue weighted by Gasteiger charge is 2.16. The molecule has 1 atom stereocenters. The number of aliphatic imine (C=N–C) groups is 1. The van der Waals surface area contributed by atoms with Gasteiger partial charge < -0.3 is 21.3 Å². The van der Waals surface area contributed by atoms with Crippen LogP contribution in [-0.4, -0.2) is 23.6 Å². The number of hydrogen-bond donors (Lipinski definition) is 3. The van der Waals surface area contributed by atoms with E-state index in [0.717, 1.165) is 11.1 Å². The summed E-state index contributed by atoms with van der Waals surface area (Å²) < 4.78 is 19.9. The molecule has 29 heavy (non-hydrogen) atoms. The summed E-state index contributed by atoms with van der Waals surface area (Å²) >= 11 is 0. The number of nitrogens with one attached hydrogen (secondary N) is 1. The van der Waals surface area contributed by atoms with Crippen molar-refractivity contribution in [2.24, 2.45) is 16.5 Å². The van der Waals surface area contributed by atoms with E-state index in [-0.39, 0.29) is 30.8 Å². The maximum absolute atomic E-state index is 14.6. The quantitative estimate of drug-likeness (QED) is 0.419. The minimum Gasteiger partial charge on any atom is -0.370 e. The lowest BCUT2D eigenvalue weighted by Gasteiger charge is -2.11. The molecule has 0 saturated carbocycles. The first kappa shape index (κ1) is 20.1. The highest BCUT2D eigenvalue weighted by atomic mass is 19.1. The molecule has 150 valence electrons. The normalized spacial score (nSPS) is 12.6. The molecule has 3 aromatic rings. The van der Waals surface area contributed by atoms with Gasteiger partial charge in [-0.15, -0.1) is 0 Å². The summed E-state index contributed by atoms with van der Waals surface area (Å²) in [4.78, 5) is 14.5. The Kier molecular flexibility index (Phi) is 6.23. The van der Waals surface area contributed by atoms with E-state index in [9.17, 15) is 9.18 Å². The van der Waals surface area contributed by atoms with E-state index < -0.39 is 5.91 Å². The van der Waals surface area contributed by atoms with Gasteiger partial charge in [-0.05, 0) is 17.2 Å². The molecule has 5 N–H and O–H groups in total. The van der Waals surface area contributed by atoms with E-state index >= 15 is 0 Å². The average molecular weight is 395 g/mol. The molecule has 0 saturated heterocycles. The highest BCUT2D eigenvalue weighted by molar-refractivity contribution is 5.82. The summed E-state index contributed by atoms with van der Waals surface area (Å²) in [5.41, 5.74) is 13.5. The number of nitrogens with zero attached hydrogens (tertiary/aromatic N) is 2. The third kappa shape index (κ3) is 5.19. The first-order chi connectivity index (χ1) is 13.9. The fraction of sp³-hybridized carbons (Fsp3) is 0.190. The summed E-state index contributed by atoms with van der Waals surface area (Å²) in [6.07, 6.45) is 0. The maximum Gasteiger partial charge on any atom is 0.239 e. The minimum atomic E-state index is -0.573. The van der Waals surface area contributed by atoms with E-state index in [2.05, 4.69) is 15.5 Å². The predicted molar refractivity (Wildman–Crippen MR) is 108 cm³/mol. The lowest BCUT2D eigenvalue weighted by atomic mass is 9.94. The van der Waals surface area contributed by atoms with Gasteiger partial charge in [0, 0.05) is 17.5 Å². The summed E-state index contributed by atoms with van der Waals surface area (Å²) in [5, 5.41) is 6.87. The Bertz CT molecular complexity index is 1020. The third-order valence-electron chi connectivity index (χ3n) is 4.45. The average Bonchev–Trinajstić information content (AvgIpc) is 3.19. The van der Waals surface area contributed by atoms with Gasteiger partial charge in [0.2, 0.25) is 5.91 Å². The molecule has 0 aliphatic carbocycles. The molecule has 2 aromatic carbocycles. The lowest BCUT2D eigenvalue weighted by Crippen LogP contribution is -2.32. The number of aromatic nitrogens is 1. The molecule has 1 unspecified atom stereocenters. The van der Waals surface area contributed by atoms with Crippen LogP contribution in [0.1, 0.15) is 29.9 Å². The molecule has 7 nitrogen and oxygen atoms in total. The number of hydrogen-bond acceptors (Lipinski definition) is 4. The Labute approximate surface area is 167 Å². The van der Waals surface area contributed by atoms with Gasteiger partial charge in [0.05, 0.1) is 12.2 Å². The summed E-state index contributed by atoms with van der Waals surface area (Å²) in [6.45, 7) is 1.98. The molecule has 0 bridgehead atoms. The van der Waals surface area contributed by atoms with Crippen molar-refractivity contribution in [3.8, 4) is 11.1 Å². The zero-order chi connectivity index (χ0) is 20.8. The maximum atomic E-state index is 14.6. The van der Waals surface area contributed by atoms with Crippen LogP contribution in [0.15, 0.2) is 64.1 Å². The second-order valence-corrected chi connectivity index (χ2v) is 6.57. The molecule has 8 heteroatoms. The van der Waals surface area contributed by atoms with Crippen molar-refractivity contribution in [3.05, 3.63) is 77.4 Å². The van der Waals surface area contributed by atoms with Crippen LogP contribution in [0, 0.1) is 5.82 Å². The number of guanidine groups is 1. The van der Waals surface area contributed by atoms with Gasteiger partial charge in [-0.2, -0.15) is 0 Å². The second kappa shape index (κ2) is 9.01. The van der Waals surface area contributed by atoms with Gasteiger partial charge in [-0.3, -0.25) is 4.79 Å². The van der Waals surface area contributed by atoms with Crippen LogP contribution in [0.25, 0.3) is 11.1 Å². The molecule has 0 fully saturated rings. The Morgan fingerprint density at radius 2 is 1.97 bits per heavy atom. The van der Waals surface area contributed by atoms with Gasteiger partial charge in [0.25, 0.3) is 0 Å². The van der Waals surface area contributed by atoms with Crippen LogP contribution in [0.4, 0.5) is 4.39 Å². The minimum absolute atomic E-state index is 0.0772. The Morgan fingerprint density at radius 1 is 1.21 bits per heavy atom. The molecule has 1 amide bonds. The molecule has 1 heterocycles. The van der Waals surface area contributed by atoms with E-state index in [4.69, 9.17) is 16.0 Å². The number of benzene rings is 2. The largest absolute Gasteiger partial charge is 0.370 e. The third-order valence-corrected chi connectivity index (χ3v) is 4.45. The fourth-order valence-electron chi connectivity index (χ4n) is 2.84. The van der Waals surface area contributed by atoms with Gasteiger partial charge in [0.1, 0.15) is 12.4 Å². The summed E-state index contributed by atoms with van der Waals surface area (Å²) in [5.74, 6) is -0.410. The van der Waals surface area contributed by atoms with Gasteiger partial charge in [0.15, 0.2) is 11.7 Å². The predicted octanol–water partition coefficient (Wildman–Crippen LogP) is 2.52. The van der Waals surface area contributed by atoms with E-state index in [1.54, 1.807) is 12.1 Å². The van der Waals surface area contributed by atoms with Crippen molar-refractivity contribution in [1.82, 2.24) is 10.5 Å². The zero-order valence-electron chi connectivity index (χ0n) is 15.9. The van der Waals surface area contributed by atoms with Crippen LogP contribution < -0.4 is 16.8 Å². The zero-order valence-corrected chi connectivity index (χ0v) is 15.9. The number of rotatable bonds is 7. The van der Waals surface area contributed by atoms with Crippen molar-refractivity contribution in [1.29, 1.82) is 0 Å². The fourth-order valence-corrected chi connectivity index (χ4v) is 2.84. The van der Waals surface area contributed by atoms with Crippen LogP contribution in [-0.2, 0) is 11.3 Å². The number of carbonyl (C=O) groups excluding carboxylic acids is 1. The number of primary amides is 1. The smallest absolute Gasteiger partial charge is 0.239 e. The van der Waals surface area contributed by atoms with Crippen LogP contribution in [0.5, 0.6) is 0 Å². The highest BCUT2D eigenvalue weighted by Crippen LogP contribution is 2.29. The SMILES string of the molecule is CC(c1ccc(-c2ccccc2)c(F)c1)c1cc(CNC(N)=NCC(N)=O)on1. The first-order valence-corrected chi connectivity index (χ1v) is 9.06. The number of halogens is 1. The van der Waals surface area contributed by atoms with Crippen molar-refractivity contribution >= 4 is 11.9 Å². The van der Waals surface area contributed by atoms with Crippen molar-refractivity contribution in [2.75, 3.05) is 6.54 Å². The molecular formula is C21H22FN5O2. The molecule has 0 aliphatic rings. The van der Waals surface area contributed by atoms with Crippen molar-refractivity contribution in [2.45, 2.75) is 19.4 Å². The second-order valence-electron chi connectivity index (χ2n) is 6.57. The van der Waals surface area contributed by atoms with Crippen LogP contribution in [0.3, 0.4) is 0 Å². The first-order valence-electron chi connectivity index (χ1n) is 9.06. The number of carbonyl (C=O) groups is 1. The molecule has 0 aliphatic heterocycles. The topological polar surface area (TPSA) is 120 Å². The number of nitrogens with two attached hydrogens (primary N) is 2. The Balaban J connectivity index is 1.68. The standard InChI is InChI=1S/C21H22FN5O2/c1-13(15-7-8-17(18(22)9-15)14-5-3-2-4-6-14)19-10-16(29-27-19)11-25-21(24)26-12-20(23)28/h2-10,13H,11-12H2,1H3,(H2,23,28)(H3,24,25,26). The van der Waals surface area contributed by atoms with Crippen LogP contribution in [0.2, 0.25) is 0 Å². The molecule has 3 rings (SSSR count). The molecule has 1 aromatic heterocycles. The number of amides is 1. The summed E-state index contributed by atoms with van der Waals surface area (Å²) in [6, 6.07) is 16.3. The molecular weight excluding hydrogens is 373 g/mol. The Morgan fingerprint density at radius 3 is 2.66 bits per heavy atom. The van der Waals surface area contributed by atoms with E-state index in [1.165, 1.54) is 6.07 Å². The van der Waals surface area contributed by atoms with Crippen molar-refractivity contribution < 1.29 is 13.7 Å². The van der Waals surface area contributed by atoms with Crippen LogP contribution >= 0.6 is 0 Å². The monoisotopic (exact) mass is 395 g/mol.